The number of aryl methyl sites for hydroxylation is 2. The summed E-state index contributed by atoms with van der Waals surface area (Å²) in [7, 11) is -3.93. The van der Waals surface area contributed by atoms with Crippen LogP contribution in [0.1, 0.15) is 17.1 Å². The average Bonchev–Trinajstić information content (AvgIpc) is 3.27. The summed E-state index contributed by atoms with van der Waals surface area (Å²) in [6.07, 6.45) is 2.28. The minimum atomic E-state index is -3.93. The molecular formula is C19H20FN5O2S2. The van der Waals surface area contributed by atoms with E-state index in [0.717, 1.165) is 27.3 Å². The third-order valence-corrected chi connectivity index (χ3v) is 7.35. The van der Waals surface area contributed by atoms with Crippen molar-refractivity contribution in [2.45, 2.75) is 31.2 Å². The highest BCUT2D eigenvalue weighted by Crippen LogP contribution is 2.29. The van der Waals surface area contributed by atoms with E-state index in [1.807, 2.05) is 24.8 Å². The summed E-state index contributed by atoms with van der Waals surface area (Å²) in [6.45, 7) is 4.92. The second-order valence-corrected chi connectivity index (χ2v) is 9.76. The summed E-state index contributed by atoms with van der Waals surface area (Å²) in [5.41, 5.74) is 1.72. The fourth-order valence-corrected chi connectivity index (χ4v) is 5.61. The molecule has 3 heterocycles. The summed E-state index contributed by atoms with van der Waals surface area (Å²) in [5, 5.41) is 0.974. The van der Waals surface area contributed by atoms with Gasteiger partial charge in [0.05, 0.1) is 21.3 Å². The smallest absolute Gasteiger partial charge is 0.243 e. The summed E-state index contributed by atoms with van der Waals surface area (Å²) >= 11 is 1.58. The average molecular weight is 434 g/mol. The van der Waals surface area contributed by atoms with Gasteiger partial charge in [0, 0.05) is 25.3 Å². The number of thiazole rings is 1. The minimum absolute atomic E-state index is 0.340. The topological polar surface area (TPSA) is 88.1 Å². The van der Waals surface area contributed by atoms with Gasteiger partial charge in [0.25, 0.3) is 0 Å². The number of hydrogen-bond donors (Lipinski definition) is 1. The maximum Gasteiger partial charge on any atom is 0.243 e. The van der Waals surface area contributed by atoms with Gasteiger partial charge in [0.1, 0.15) is 10.7 Å². The second-order valence-electron chi connectivity index (χ2n) is 6.87. The second kappa shape index (κ2) is 7.77. The van der Waals surface area contributed by atoms with Gasteiger partial charge in [-0.25, -0.2) is 32.5 Å². The standard InChI is InChI=1S/C19H20FN5O2S2/c1-12-18(28-13(2)22-12)16-7-9-21-19(23-16)25-10-8-14(11-25)24-29(26,27)17-6-4-3-5-15(17)20/h3-7,9,14,24H,8,10-11H2,1-2H3. The molecule has 1 unspecified atom stereocenters. The Bertz CT molecular complexity index is 1150. The van der Waals surface area contributed by atoms with Gasteiger partial charge >= 0.3 is 0 Å². The number of hydrogen-bond acceptors (Lipinski definition) is 7. The van der Waals surface area contributed by atoms with Crippen LogP contribution in [0, 0.1) is 19.7 Å². The van der Waals surface area contributed by atoms with Crippen LogP contribution in [0.15, 0.2) is 41.4 Å². The van der Waals surface area contributed by atoms with Crippen LogP contribution < -0.4 is 9.62 Å². The number of sulfonamides is 1. The Morgan fingerprint density at radius 1 is 1.21 bits per heavy atom. The van der Waals surface area contributed by atoms with Crippen molar-refractivity contribution < 1.29 is 12.8 Å². The molecule has 0 amide bonds. The van der Waals surface area contributed by atoms with Crippen LogP contribution in [-0.4, -0.2) is 42.5 Å². The molecule has 0 saturated carbocycles. The van der Waals surface area contributed by atoms with E-state index in [-0.39, 0.29) is 10.9 Å². The van der Waals surface area contributed by atoms with Crippen molar-refractivity contribution in [1.29, 1.82) is 0 Å². The molecule has 1 fully saturated rings. The van der Waals surface area contributed by atoms with Crippen molar-refractivity contribution in [3.63, 3.8) is 0 Å². The molecule has 1 aliphatic heterocycles. The highest BCUT2D eigenvalue weighted by atomic mass is 32.2. The molecule has 0 spiro atoms. The van der Waals surface area contributed by atoms with Crippen molar-refractivity contribution >= 4 is 27.3 Å². The first-order chi connectivity index (χ1) is 13.8. The van der Waals surface area contributed by atoms with Crippen molar-refractivity contribution in [2.75, 3.05) is 18.0 Å². The molecule has 0 radical (unpaired) electrons. The largest absolute Gasteiger partial charge is 0.339 e. The fraction of sp³-hybridized carbons (Fsp3) is 0.316. The van der Waals surface area contributed by atoms with Crippen molar-refractivity contribution in [2.24, 2.45) is 0 Å². The molecule has 4 rings (SSSR count). The number of anilines is 1. The van der Waals surface area contributed by atoms with Crippen LogP contribution in [0.4, 0.5) is 10.3 Å². The lowest BCUT2D eigenvalue weighted by Crippen LogP contribution is -2.37. The molecule has 0 aliphatic carbocycles. The number of benzene rings is 1. The van der Waals surface area contributed by atoms with Crippen LogP contribution in [0.25, 0.3) is 10.6 Å². The quantitative estimate of drug-likeness (QED) is 0.666. The summed E-state index contributed by atoms with van der Waals surface area (Å²) in [6, 6.07) is 6.86. The first kappa shape index (κ1) is 19.9. The number of nitrogens with zero attached hydrogens (tertiary/aromatic N) is 4. The fourth-order valence-electron chi connectivity index (χ4n) is 3.38. The van der Waals surface area contributed by atoms with E-state index in [4.69, 9.17) is 0 Å². The molecule has 1 aliphatic rings. The molecule has 152 valence electrons. The molecule has 7 nitrogen and oxygen atoms in total. The van der Waals surface area contributed by atoms with E-state index >= 15 is 0 Å². The highest BCUT2D eigenvalue weighted by molar-refractivity contribution is 7.89. The van der Waals surface area contributed by atoms with Crippen LogP contribution in [0.2, 0.25) is 0 Å². The number of aromatic nitrogens is 3. The number of nitrogens with one attached hydrogen (secondary N) is 1. The Hall–Kier alpha value is -2.43. The lowest BCUT2D eigenvalue weighted by molar-refractivity contribution is 0.543. The predicted molar refractivity (Wildman–Crippen MR) is 110 cm³/mol. The Balaban J connectivity index is 1.50. The van der Waals surface area contributed by atoms with Crippen LogP contribution in [-0.2, 0) is 10.0 Å². The SMILES string of the molecule is Cc1nc(C)c(-c2ccnc(N3CCC(NS(=O)(=O)c4ccccc4F)C3)n2)s1. The Morgan fingerprint density at radius 2 is 2.00 bits per heavy atom. The first-order valence-corrected chi connectivity index (χ1v) is 11.4. The van der Waals surface area contributed by atoms with Gasteiger partial charge in [-0.15, -0.1) is 11.3 Å². The van der Waals surface area contributed by atoms with Gasteiger partial charge in [-0.05, 0) is 38.5 Å². The summed E-state index contributed by atoms with van der Waals surface area (Å²) in [4.78, 5) is 16.0. The number of rotatable bonds is 5. The summed E-state index contributed by atoms with van der Waals surface area (Å²) < 4.78 is 41.5. The molecule has 29 heavy (non-hydrogen) atoms. The predicted octanol–water partition coefficient (Wildman–Crippen LogP) is 2.91. The van der Waals surface area contributed by atoms with Gasteiger partial charge < -0.3 is 4.90 Å². The molecule has 10 heteroatoms. The third-order valence-electron chi connectivity index (χ3n) is 4.70. The molecule has 0 bridgehead atoms. The molecule has 1 atom stereocenters. The minimum Gasteiger partial charge on any atom is -0.339 e. The van der Waals surface area contributed by atoms with Gasteiger partial charge in [0.15, 0.2) is 0 Å². The maximum absolute atomic E-state index is 13.9. The van der Waals surface area contributed by atoms with E-state index < -0.39 is 15.8 Å². The van der Waals surface area contributed by atoms with E-state index in [2.05, 4.69) is 19.7 Å². The molecule has 1 N–H and O–H groups in total. The molecule has 2 aromatic heterocycles. The van der Waals surface area contributed by atoms with E-state index in [1.165, 1.54) is 18.2 Å². The zero-order valence-electron chi connectivity index (χ0n) is 16.0. The van der Waals surface area contributed by atoms with Crippen molar-refractivity contribution in [1.82, 2.24) is 19.7 Å². The Kier molecular flexibility index (Phi) is 5.32. The Morgan fingerprint density at radius 3 is 2.72 bits per heavy atom. The lowest BCUT2D eigenvalue weighted by Gasteiger charge is -2.17. The lowest BCUT2D eigenvalue weighted by atomic mass is 10.3. The first-order valence-electron chi connectivity index (χ1n) is 9.13. The van der Waals surface area contributed by atoms with Crippen molar-refractivity contribution in [3.05, 3.63) is 53.0 Å². The molecule has 1 saturated heterocycles. The van der Waals surface area contributed by atoms with Gasteiger partial charge in [0.2, 0.25) is 16.0 Å². The van der Waals surface area contributed by atoms with Crippen LogP contribution in [0.5, 0.6) is 0 Å². The van der Waals surface area contributed by atoms with Gasteiger partial charge in [-0.1, -0.05) is 12.1 Å². The monoisotopic (exact) mass is 433 g/mol. The number of halogens is 1. The molecular weight excluding hydrogens is 413 g/mol. The zero-order valence-corrected chi connectivity index (χ0v) is 17.6. The van der Waals surface area contributed by atoms with E-state index in [0.29, 0.717) is 25.5 Å². The Labute approximate surface area is 172 Å². The van der Waals surface area contributed by atoms with Gasteiger partial charge in [-0.2, -0.15) is 0 Å². The van der Waals surface area contributed by atoms with Gasteiger partial charge in [-0.3, -0.25) is 0 Å². The third kappa shape index (κ3) is 4.14. The van der Waals surface area contributed by atoms with Crippen LogP contribution >= 0.6 is 11.3 Å². The molecule has 3 aromatic rings. The van der Waals surface area contributed by atoms with E-state index in [1.54, 1.807) is 17.5 Å². The normalized spacial score (nSPS) is 17.1. The van der Waals surface area contributed by atoms with E-state index in [9.17, 15) is 12.8 Å². The van der Waals surface area contributed by atoms with Crippen molar-refractivity contribution in [3.8, 4) is 10.6 Å². The zero-order chi connectivity index (χ0) is 20.6. The highest BCUT2D eigenvalue weighted by Gasteiger charge is 2.30. The maximum atomic E-state index is 13.9. The van der Waals surface area contributed by atoms with Crippen LogP contribution in [0.3, 0.4) is 0 Å². The summed E-state index contributed by atoms with van der Waals surface area (Å²) in [5.74, 6) is -0.221. The molecule has 1 aromatic carbocycles.